The van der Waals surface area contributed by atoms with Gasteiger partial charge in [0.15, 0.2) is 4.34 Å². The number of aryl methyl sites for hydroxylation is 1. The number of carbonyl (C=O) groups is 1. The van der Waals surface area contributed by atoms with Crippen molar-refractivity contribution in [3.63, 3.8) is 0 Å². The van der Waals surface area contributed by atoms with Crippen LogP contribution in [-0.4, -0.2) is 21.9 Å². The first-order valence-corrected chi connectivity index (χ1v) is 9.77. The van der Waals surface area contributed by atoms with Crippen LogP contribution < -0.4 is 10.6 Å². The number of amides is 1. The van der Waals surface area contributed by atoms with Crippen LogP contribution >= 0.6 is 23.1 Å². The second kappa shape index (κ2) is 8.45. The molecular formula is C18H16F2N4OS2. The molecular weight excluding hydrogens is 390 g/mol. The predicted octanol–water partition coefficient (Wildman–Crippen LogP) is 4.91. The SMILES string of the molecule is Cc1cccc(Nc2nnc(SCC(=O)Nc3ccc(F)cc3F)s2)c1C. The normalized spacial score (nSPS) is 10.7. The Balaban J connectivity index is 1.56. The first-order chi connectivity index (χ1) is 12.9. The second-order valence-corrected chi connectivity index (χ2v) is 7.91. The van der Waals surface area contributed by atoms with Crippen molar-refractivity contribution in [2.45, 2.75) is 18.2 Å². The van der Waals surface area contributed by atoms with Gasteiger partial charge in [-0.3, -0.25) is 4.79 Å². The maximum atomic E-state index is 13.6. The minimum atomic E-state index is -0.815. The number of halogens is 2. The van der Waals surface area contributed by atoms with Gasteiger partial charge in [-0.1, -0.05) is 35.2 Å². The van der Waals surface area contributed by atoms with E-state index < -0.39 is 17.5 Å². The Bertz CT molecular complexity index is 978. The maximum absolute atomic E-state index is 13.6. The highest BCUT2D eigenvalue weighted by Crippen LogP contribution is 2.29. The molecule has 2 N–H and O–H groups in total. The summed E-state index contributed by atoms with van der Waals surface area (Å²) in [5, 5.41) is 14.4. The van der Waals surface area contributed by atoms with Crippen molar-refractivity contribution in [1.82, 2.24) is 10.2 Å². The summed E-state index contributed by atoms with van der Waals surface area (Å²) in [4.78, 5) is 12.0. The average molecular weight is 406 g/mol. The fourth-order valence-electron chi connectivity index (χ4n) is 2.22. The lowest BCUT2D eigenvalue weighted by Gasteiger charge is -2.08. The summed E-state index contributed by atoms with van der Waals surface area (Å²) in [6.07, 6.45) is 0. The Kier molecular flexibility index (Phi) is 6.02. The number of aromatic nitrogens is 2. The van der Waals surface area contributed by atoms with Crippen LogP contribution in [0.15, 0.2) is 40.7 Å². The van der Waals surface area contributed by atoms with Gasteiger partial charge in [-0.05, 0) is 43.2 Å². The van der Waals surface area contributed by atoms with Crippen molar-refractivity contribution in [1.29, 1.82) is 0 Å². The zero-order valence-corrected chi connectivity index (χ0v) is 16.2. The van der Waals surface area contributed by atoms with E-state index in [9.17, 15) is 13.6 Å². The zero-order chi connectivity index (χ0) is 19.4. The monoisotopic (exact) mass is 406 g/mol. The molecule has 140 valence electrons. The second-order valence-electron chi connectivity index (χ2n) is 5.71. The average Bonchev–Trinajstić information content (AvgIpc) is 3.07. The molecule has 0 radical (unpaired) electrons. The van der Waals surface area contributed by atoms with E-state index in [-0.39, 0.29) is 11.4 Å². The quantitative estimate of drug-likeness (QED) is 0.570. The Morgan fingerprint density at radius 1 is 1.15 bits per heavy atom. The molecule has 5 nitrogen and oxygen atoms in total. The molecule has 0 spiro atoms. The van der Waals surface area contributed by atoms with Crippen LogP contribution in [-0.2, 0) is 4.79 Å². The molecule has 3 rings (SSSR count). The van der Waals surface area contributed by atoms with E-state index in [1.165, 1.54) is 34.7 Å². The number of anilines is 3. The Morgan fingerprint density at radius 2 is 1.96 bits per heavy atom. The van der Waals surface area contributed by atoms with Crippen LogP contribution in [0.3, 0.4) is 0 Å². The van der Waals surface area contributed by atoms with Crippen molar-refractivity contribution in [2.24, 2.45) is 0 Å². The van der Waals surface area contributed by atoms with E-state index >= 15 is 0 Å². The van der Waals surface area contributed by atoms with Crippen molar-refractivity contribution < 1.29 is 13.6 Å². The Labute approximate surface area is 163 Å². The van der Waals surface area contributed by atoms with E-state index in [1.54, 1.807) is 0 Å². The molecule has 3 aromatic rings. The van der Waals surface area contributed by atoms with Gasteiger partial charge in [0.05, 0.1) is 11.4 Å². The number of nitrogens with zero attached hydrogens (tertiary/aromatic N) is 2. The summed E-state index contributed by atoms with van der Waals surface area (Å²) in [5.41, 5.74) is 3.19. The number of rotatable bonds is 6. The largest absolute Gasteiger partial charge is 0.330 e. The van der Waals surface area contributed by atoms with E-state index in [1.807, 2.05) is 32.0 Å². The van der Waals surface area contributed by atoms with Crippen molar-refractivity contribution in [3.8, 4) is 0 Å². The van der Waals surface area contributed by atoms with E-state index in [0.29, 0.717) is 9.47 Å². The van der Waals surface area contributed by atoms with Crippen LogP contribution in [0.2, 0.25) is 0 Å². The highest BCUT2D eigenvalue weighted by atomic mass is 32.2. The summed E-state index contributed by atoms with van der Waals surface area (Å²) in [7, 11) is 0. The molecule has 1 heterocycles. The molecule has 0 bridgehead atoms. The molecule has 0 fully saturated rings. The third-order valence-corrected chi connectivity index (χ3v) is 5.76. The van der Waals surface area contributed by atoms with E-state index in [2.05, 4.69) is 20.8 Å². The summed E-state index contributed by atoms with van der Waals surface area (Å²) in [6, 6.07) is 8.94. The molecule has 0 aliphatic rings. The molecule has 1 aromatic heterocycles. The number of benzene rings is 2. The Hall–Kier alpha value is -2.52. The third kappa shape index (κ3) is 5.01. The highest BCUT2D eigenvalue weighted by Gasteiger charge is 2.12. The highest BCUT2D eigenvalue weighted by molar-refractivity contribution is 8.01. The topological polar surface area (TPSA) is 66.9 Å². The molecule has 0 aliphatic heterocycles. The standard InChI is InChI=1S/C18H16F2N4OS2/c1-10-4-3-5-14(11(10)2)22-17-23-24-18(27-17)26-9-16(25)21-15-7-6-12(19)8-13(15)20/h3-8H,9H2,1-2H3,(H,21,25)(H,22,23). The van der Waals surface area contributed by atoms with Gasteiger partial charge >= 0.3 is 0 Å². The molecule has 9 heteroatoms. The van der Waals surface area contributed by atoms with Crippen LogP contribution in [0.4, 0.5) is 25.3 Å². The number of hydrogen-bond acceptors (Lipinski definition) is 6. The molecule has 0 atom stereocenters. The summed E-state index contributed by atoms with van der Waals surface area (Å²) in [5.74, 6) is -1.89. The van der Waals surface area contributed by atoms with Gasteiger partial charge in [-0.2, -0.15) is 0 Å². The molecule has 0 saturated heterocycles. The minimum absolute atomic E-state index is 0.0366. The molecule has 0 unspecified atom stereocenters. The van der Waals surface area contributed by atoms with Gasteiger partial charge in [-0.25, -0.2) is 8.78 Å². The van der Waals surface area contributed by atoms with Gasteiger partial charge in [0.25, 0.3) is 0 Å². The maximum Gasteiger partial charge on any atom is 0.234 e. The minimum Gasteiger partial charge on any atom is -0.330 e. The molecule has 27 heavy (non-hydrogen) atoms. The van der Waals surface area contributed by atoms with Crippen molar-refractivity contribution >= 4 is 45.5 Å². The first-order valence-electron chi connectivity index (χ1n) is 7.97. The smallest absolute Gasteiger partial charge is 0.234 e. The fourth-order valence-corrected chi connectivity index (χ4v) is 3.79. The first kappa shape index (κ1) is 19.2. The number of nitrogens with one attached hydrogen (secondary N) is 2. The molecule has 2 aromatic carbocycles. The summed E-state index contributed by atoms with van der Waals surface area (Å²) in [6.45, 7) is 4.05. The third-order valence-electron chi connectivity index (χ3n) is 3.78. The lowest BCUT2D eigenvalue weighted by molar-refractivity contribution is -0.113. The van der Waals surface area contributed by atoms with Crippen LogP contribution in [0.5, 0.6) is 0 Å². The van der Waals surface area contributed by atoms with Gasteiger partial charge in [0, 0.05) is 11.8 Å². The number of hydrogen-bond donors (Lipinski definition) is 2. The lowest BCUT2D eigenvalue weighted by Crippen LogP contribution is -2.15. The Morgan fingerprint density at radius 3 is 2.74 bits per heavy atom. The molecule has 0 saturated carbocycles. The van der Waals surface area contributed by atoms with Crippen LogP contribution in [0.1, 0.15) is 11.1 Å². The fraction of sp³-hybridized carbons (Fsp3) is 0.167. The lowest BCUT2D eigenvalue weighted by atomic mass is 10.1. The van der Waals surface area contributed by atoms with Gasteiger partial charge < -0.3 is 10.6 Å². The van der Waals surface area contributed by atoms with Crippen LogP contribution in [0, 0.1) is 25.5 Å². The molecule has 1 amide bonds. The summed E-state index contributed by atoms with van der Waals surface area (Å²) < 4.78 is 27.0. The molecule has 0 aliphatic carbocycles. The van der Waals surface area contributed by atoms with E-state index in [0.717, 1.165) is 23.4 Å². The predicted molar refractivity (Wildman–Crippen MR) is 105 cm³/mol. The number of thioether (sulfide) groups is 1. The summed E-state index contributed by atoms with van der Waals surface area (Å²) >= 11 is 2.51. The van der Waals surface area contributed by atoms with Gasteiger partial charge in [0.1, 0.15) is 11.6 Å². The zero-order valence-electron chi connectivity index (χ0n) is 14.5. The number of carbonyl (C=O) groups excluding carboxylic acids is 1. The van der Waals surface area contributed by atoms with Crippen molar-refractivity contribution in [3.05, 3.63) is 59.2 Å². The van der Waals surface area contributed by atoms with Gasteiger partial charge in [0.2, 0.25) is 11.0 Å². The van der Waals surface area contributed by atoms with E-state index in [4.69, 9.17) is 0 Å². The van der Waals surface area contributed by atoms with Crippen molar-refractivity contribution in [2.75, 3.05) is 16.4 Å². The van der Waals surface area contributed by atoms with Gasteiger partial charge in [-0.15, -0.1) is 10.2 Å². The van der Waals surface area contributed by atoms with Crippen LogP contribution in [0.25, 0.3) is 0 Å².